The van der Waals surface area contributed by atoms with Crippen molar-refractivity contribution >= 4 is 23.3 Å². The van der Waals surface area contributed by atoms with E-state index in [1.165, 1.54) is 4.90 Å². The van der Waals surface area contributed by atoms with Crippen LogP contribution in [0.1, 0.15) is 10.4 Å². The number of nitrogens with zero attached hydrogens (tertiary/aromatic N) is 3. The van der Waals surface area contributed by atoms with Gasteiger partial charge in [-0.3, -0.25) is 24.3 Å². The molecule has 2 aliphatic heterocycles. The fourth-order valence-corrected chi connectivity index (χ4v) is 3.44. The predicted octanol–water partition coefficient (Wildman–Crippen LogP) is 0.857. The lowest BCUT2D eigenvalue weighted by Gasteiger charge is -2.40. The van der Waals surface area contributed by atoms with Gasteiger partial charge in [-0.1, -0.05) is 18.2 Å². The largest absolute Gasteiger partial charge is 0.497 e. The summed E-state index contributed by atoms with van der Waals surface area (Å²) >= 11 is 0. The molecule has 1 N–H and O–H groups in total. The first-order chi connectivity index (χ1) is 13.6. The summed E-state index contributed by atoms with van der Waals surface area (Å²) in [5, 5.41) is 1.11. The first-order valence-electron chi connectivity index (χ1n) is 8.96. The van der Waals surface area contributed by atoms with Crippen molar-refractivity contribution in [3.05, 3.63) is 60.2 Å². The Morgan fingerprint density at radius 3 is 2.36 bits per heavy atom. The van der Waals surface area contributed by atoms with Crippen molar-refractivity contribution in [2.45, 2.75) is 6.29 Å². The number of Topliss-reactive ketones (excluding diaryl/α,β-unsaturated/α-hetero) is 1. The standard InChI is InChI=1S/C20H20N4O4/c1-28-16-9-7-14(8-10-16)17(25)13-24-19(27)18(26)23-12-11-22(20(23)21-24)15-5-3-2-4-6-15/h2-10,20-21H,11-13H2,1H3. The Hall–Kier alpha value is -3.39. The maximum Gasteiger partial charge on any atom is 0.326 e. The highest BCUT2D eigenvalue weighted by atomic mass is 16.5. The summed E-state index contributed by atoms with van der Waals surface area (Å²) in [6.07, 6.45) is -0.503. The summed E-state index contributed by atoms with van der Waals surface area (Å²) in [7, 11) is 1.55. The average molecular weight is 380 g/mol. The van der Waals surface area contributed by atoms with Crippen molar-refractivity contribution in [1.82, 2.24) is 15.3 Å². The number of anilines is 1. The van der Waals surface area contributed by atoms with Gasteiger partial charge in [0, 0.05) is 24.3 Å². The van der Waals surface area contributed by atoms with Gasteiger partial charge < -0.3 is 9.64 Å². The SMILES string of the molecule is COc1ccc(C(=O)CN2NC3N(CCN3c3ccccc3)C(=O)C2=O)cc1. The van der Waals surface area contributed by atoms with E-state index in [1.54, 1.807) is 31.4 Å². The summed E-state index contributed by atoms with van der Waals surface area (Å²) in [5.41, 5.74) is 4.41. The van der Waals surface area contributed by atoms with Crippen LogP contribution in [0.15, 0.2) is 54.6 Å². The van der Waals surface area contributed by atoms with Gasteiger partial charge in [0.1, 0.15) is 12.3 Å². The number of benzene rings is 2. The minimum absolute atomic E-state index is 0.232. The normalized spacial score (nSPS) is 19.0. The zero-order chi connectivity index (χ0) is 19.7. The molecule has 2 saturated heterocycles. The number of fused-ring (bicyclic) bond motifs is 1. The van der Waals surface area contributed by atoms with Gasteiger partial charge in [-0.25, -0.2) is 0 Å². The molecule has 1 unspecified atom stereocenters. The number of nitrogens with one attached hydrogen (secondary N) is 1. The summed E-state index contributed by atoms with van der Waals surface area (Å²) in [6.45, 7) is 0.808. The number of amides is 2. The molecule has 2 aliphatic rings. The Morgan fingerprint density at radius 1 is 1.00 bits per heavy atom. The molecule has 0 aromatic heterocycles. The fourth-order valence-electron chi connectivity index (χ4n) is 3.44. The van der Waals surface area contributed by atoms with Crippen molar-refractivity contribution in [1.29, 1.82) is 0 Å². The highest BCUT2D eigenvalue weighted by molar-refractivity contribution is 6.35. The third-order valence-electron chi connectivity index (χ3n) is 4.93. The van der Waals surface area contributed by atoms with Crippen LogP contribution in [-0.4, -0.2) is 60.5 Å². The van der Waals surface area contributed by atoms with Gasteiger partial charge in [0.05, 0.1) is 7.11 Å². The Labute approximate surface area is 162 Å². The van der Waals surface area contributed by atoms with Crippen LogP contribution in [0.2, 0.25) is 0 Å². The lowest BCUT2D eigenvalue weighted by Crippen LogP contribution is -2.68. The molecule has 0 spiro atoms. The fraction of sp³-hybridized carbons (Fsp3) is 0.250. The van der Waals surface area contributed by atoms with Crippen molar-refractivity contribution in [2.75, 3.05) is 31.6 Å². The Kier molecular flexibility index (Phi) is 4.70. The zero-order valence-corrected chi connectivity index (χ0v) is 15.4. The Morgan fingerprint density at radius 2 is 1.68 bits per heavy atom. The van der Waals surface area contributed by atoms with Crippen LogP contribution in [0.25, 0.3) is 0 Å². The number of hydrazine groups is 1. The first kappa shape index (κ1) is 18.0. The van der Waals surface area contributed by atoms with E-state index in [9.17, 15) is 14.4 Å². The molecule has 2 heterocycles. The lowest BCUT2D eigenvalue weighted by molar-refractivity contribution is -0.162. The second-order valence-electron chi connectivity index (χ2n) is 6.57. The summed E-state index contributed by atoms with van der Waals surface area (Å²) in [5.74, 6) is -0.967. The number of rotatable bonds is 5. The third kappa shape index (κ3) is 3.18. The van der Waals surface area contributed by atoms with Crippen LogP contribution < -0.4 is 15.1 Å². The summed E-state index contributed by atoms with van der Waals surface area (Å²) in [6, 6.07) is 16.3. The molecule has 4 rings (SSSR count). The third-order valence-corrected chi connectivity index (χ3v) is 4.93. The molecule has 8 nitrogen and oxygen atoms in total. The molecule has 2 aromatic carbocycles. The number of ketones is 1. The van der Waals surface area contributed by atoms with Crippen LogP contribution in [0.4, 0.5) is 5.69 Å². The van der Waals surface area contributed by atoms with Gasteiger partial charge in [0.25, 0.3) is 0 Å². The summed E-state index contributed by atoms with van der Waals surface area (Å²) in [4.78, 5) is 41.1. The molecular weight excluding hydrogens is 360 g/mol. The van der Waals surface area contributed by atoms with Crippen molar-refractivity contribution in [3.63, 3.8) is 0 Å². The van der Waals surface area contributed by atoms with E-state index in [-0.39, 0.29) is 12.3 Å². The van der Waals surface area contributed by atoms with Gasteiger partial charge in [0.15, 0.2) is 12.1 Å². The number of carbonyl (C=O) groups excluding carboxylic acids is 3. The zero-order valence-electron chi connectivity index (χ0n) is 15.4. The molecular formula is C20H20N4O4. The van der Waals surface area contributed by atoms with Crippen LogP contribution in [-0.2, 0) is 9.59 Å². The topological polar surface area (TPSA) is 82.2 Å². The summed E-state index contributed by atoms with van der Waals surface area (Å²) < 4.78 is 5.09. The van der Waals surface area contributed by atoms with Gasteiger partial charge in [-0.2, -0.15) is 5.43 Å². The van der Waals surface area contributed by atoms with Crippen molar-refractivity contribution < 1.29 is 19.1 Å². The lowest BCUT2D eigenvalue weighted by atomic mass is 10.1. The second-order valence-corrected chi connectivity index (χ2v) is 6.57. The molecule has 2 aromatic rings. The van der Waals surface area contributed by atoms with E-state index >= 15 is 0 Å². The quantitative estimate of drug-likeness (QED) is 0.612. The molecule has 2 amide bonds. The number of hydrogen-bond acceptors (Lipinski definition) is 6. The Balaban J connectivity index is 1.52. The highest BCUT2D eigenvalue weighted by Crippen LogP contribution is 2.25. The van der Waals surface area contributed by atoms with Gasteiger partial charge in [0.2, 0.25) is 0 Å². The van der Waals surface area contributed by atoms with Gasteiger partial charge >= 0.3 is 11.8 Å². The first-order valence-corrected chi connectivity index (χ1v) is 8.96. The molecule has 8 heteroatoms. The number of carbonyl (C=O) groups is 3. The molecule has 0 radical (unpaired) electrons. The van der Waals surface area contributed by atoms with Crippen LogP contribution in [0.5, 0.6) is 5.75 Å². The smallest absolute Gasteiger partial charge is 0.326 e. The minimum Gasteiger partial charge on any atom is -0.497 e. The van der Waals surface area contributed by atoms with E-state index in [2.05, 4.69) is 5.43 Å². The molecule has 1 atom stereocenters. The maximum absolute atomic E-state index is 12.6. The Bertz CT molecular complexity index is 900. The number of para-hydroxylation sites is 1. The monoisotopic (exact) mass is 380 g/mol. The number of methoxy groups -OCH3 is 1. The van der Waals surface area contributed by atoms with Crippen LogP contribution in [0, 0.1) is 0 Å². The number of ether oxygens (including phenoxy) is 1. The maximum atomic E-state index is 12.6. The molecule has 28 heavy (non-hydrogen) atoms. The van der Waals surface area contributed by atoms with Crippen molar-refractivity contribution in [3.8, 4) is 5.75 Å². The second kappa shape index (κ2) is 7.32. The van der Waals surface area contributed by atoms with E-state index in [4.69, 9.17) is 4.74 Å². The van der Waals surface area contributed by atoms with E-state index < -0.39 is 18.1 Å². The molecule has 0 bridgehead atoms. The predicted molar refractivity (Wildman–Crippen MR) is 101 cm³/mol. The van der Waals surface area contributed by atoms with Crippen LogP contribution >= 0.6 is 0 Å². The minimum atomic E-state index is -0.729. The van der Waals surface area contributed by atoms with Gasteiger partial charge in [-0.05, 0) is 36.4 Å². The number of hydrogen-bond donors (Lipinski definition) is 1. The van der Waals surface area contributed by atoms with Gasteiger partial charge in [-0.15, -0.1) is 0 Å². The highest BCUT2D eigenvalue weighted by Gasteiger charge is 2.45. The van der Waals surface area contributed by atoms with E-state index in [0.29, 0.717) is 24.4 Å². The van der Waals surface area contributed by atoms with E-state index in [1.807, 2.05) is 35.2 Å². The molecule has 2 fully saturated rings. The van der Waals surface area contributed by atoms with E-state index in [0.717, 1.165) is 10.7 Å². The molecule has 0 saturated carbocycles. The van der Waals surface area contributed by atoms with Crippen molar-refractivity contribution in [2.24, 2.45) is 0 Å². The average Bonchev–Trinajstić information content (AvgIpc) is 3.16. The molecule has 144 valence electrons. The molecule has 0 aliphatic carbocycles. The van der Waals surface area contributed by atoms with Crippen LogP contribution in [0.3, 0.4) is 0 Å².